The van der Waals surface area contributed by atoms with Gasteiger partial charge in [0.25, 0.3) is 0 Å². The number of aliphatic carboxylic acids is 1. The minimum absolute atomic E-state index is 0.0645. The number of hydrogen-bond donors (Lipinski definition) is 1. The van der Waals surface area contributed by atoms with E-state index in [1.165, 1.54) is 15.6 Å². The number of piperidine rings is 1. The van der Waals surface area contributed by atoms with Crippen LogP contribution in [0.4, 0.5) is 0 Å². The number of carboxylic acids is 1. The summed E-state index contributed by atoms with van der Waals surface area (Å²) in [7, 11) is 1.66. The van der Waals surface area contributed by atoms with Crippen molar-refractivity contribution in [1.29, 1.82) is 0 Å². The quantitative estimate of drug-likeness (QED) is 0.313. The Morgan fingerprint density at radius 3 is 2.69 bits per heavy atom. The van der Waals surface area contributed by atoms with Crippen LogP contribution in [0.5, 0.6) is 11.5 Å². The normalized spacial score (nSPS) is 17.2. The number of fused-ring (bicyclic) bond motifs is 1. The molecule has 1 aliphatic rings. The average molecular weight is 488 g/mol. The predicted molar refractivity (Wildman–Crippen MR) is 139 cm³/mol. The first-order valence-corrected chi connectivity index (χ1v) is 12.8. The molecule has 5 nitrogen and oxygen atoms in total. The molecular weight excluding hydrogens is 458 g/mol. The summed E-state index contributed by atoms with van der Waals surface area (Å²) in [5.74, 6) is 0.295. The third kappa shape index (κ3) is 5.04. The van der Waals surface area contributed by atoms with Crippen molar-refractivity contribution in [2.75, 3.05) is 20.2 Å². The molecule has 2 atom stereocenters. The standard InChI is InChI=1S/C29H29NO4S/c1-33-26-16-21(13-14-25(26)34-18-20-8-3-2-4-9-20)28(30-15-7-10-22(17-30)29(31)32)24-19-35-27-12-6-5-11-23(24)27/h2-6,8-9,11-14,16,19,22,28H,7,10,15,17-18H2,1H3,(H,31,32). The largest absolute Gasteiger partial charge is 0.493 e. The number of hydrogen-bond acceptors (Lipinski definition) is 5. The molecule has 0 amide bonds. The van der Waals surface area contributed by atoms with E-state index < -0.39 is 5.97 Å². The highest BCUT2D eigenvalue weighted by Crippen LogP contribution is 2.41. The first-order valence-electron chi connectivity index (χ1n) is 11.9. The van der Waals surface area contributed by atoms with Gasteiger partial charge in [0.15, 0.2) is 11.5 Å². The van der Waals surface area contributed by atoms with Crippen LogP contribution < -0.4 is 9.47 Å². The molecule has 5 rings (SSSR count). The zero-order valence-electron chi connectivity index (χ0n) is 19.7. The van der Waals surface area contributed by atoms with Gasteiger partial charge in [-0.15, -0.1) is 11.3 Å². The molecule has 1 aromatic heterocycles. The average Bonchev–Trinajstić information content (AvgIpc) is 3.32. The molecule has 6 heteroatoms. The number of rotatable bonds is 8. The van der Waals surface area contributed by atoms with Gasteiger partial charge >= 0.3 is 5.97 Å². The Hall–Kier alpha value is -3.35. The summed E-state index contributed by atoms with van der Waals surface area (Å²) in [5, 5.41) is 13.1. The highest BCUT2D eigenvalue weighted by atomic mass is 32.1. The van der Waals surface area contributed by atoms with Crippen molar-refractivity contribution in [2.45, 2.75) is 25.5 Å². The molecule has 1 N–H and O–H groups in total. The Morgan fingerprint density at radius 2 is 1.89 bits per heavy atom. The summed E-state index contributed by atoms with van der Waals surface area (Å²) in [6.45, 7) is 1.84. The molecule has 1 fully saturated rings. The molecule has 1 aliphatic heterocycles. The molecule has 0 spiro atoms. The summed E-state index contributed by atoms with van der Waals surface area (Å²) in [6.07, 6.45) is 1.59. The number of thiophene rings is 1. The van der Waals surface area contributed by atoms with Crippen LogP contribution in [0.25, 0.3) is 10.1 Å². The third-order valence-electron chi connectivity index (χ3n) is 6.71. The molecule has 1 saturated heterocycles. The number of methoxy groups -OCH3 is 1. The van der Waals surface area contributed by atoms with Crippen LogP contribution in [0.1, 0.15) is 35.6 Å². The Morgan fingerprint density at radius 1 is 1.09 bits per heavy atom. The lowest BCUT2D eigenvalue weighted by atomic mass is 9.91. The number of ether oxygens (including phenoxy) is 2. The Labute approximate surface area is 209 Å². The minimum atomic E-state index is -0.717. The van der Waals surface area contributed by atoms with Gasteiger partial charge in [-0.2, -0.15) is 0 Å². The molecule has 0 aliphatic carbocycles. The van der Waals surface area contributed by atoms with E-state index in [-0.39, 0.29) is 12.0 Å². The SMILES string of the molecule is COc1cc(C(c2csc3ccccc23)N2CCCC(C(=O)O)C2)ccc1OCc1ccccc1. The second-order valence-electron chi connectivity index (χ2n) is 8.95. The van der Waals surface area contributed by atoms with Gasteiger partial charge in [0, 0.05) is 11.2 Å². The second-order valence-corrected chi connectivity index (χ2v) is 9.86. The van der Waals surface area contributed by atoms with Gasteiger partial charge in [-0.1, -0.05) is 54.6 Å². The van der Waals surface area contributed by atoms with Gasteiger partial charge in [0.1, 0.15) is 6.61 Å². The van der Waals surface area contributed by atoms with Crippen LogP contribution in [0.3, 0.4) is 0 Å². The maximum atomic E-state index is 11.8. The van der Waals surface area contributed by atoms with Gasteiger partial charge in [-0.05, 0) is 65.0 Å². The van der Waals surface area contributed by atoms with Crippen molar-refractivity contribution < 1.29 is 19.4 Å². The van der Waals surface area contributed by atoms with Crippen molar-refractivity contribution >= 4 is 27.4 Å². The molecule has 3 aromatic carbocycles. The topological polar surface area (TPSA) is 59.0 Å². The van der Waals surface area contributed by atoms with Crippen molar-refractivity contribution in [3.8, 4) is 11.5 Å². The predicted octanol–water partition coefficient (Wildman–Crippen LogP) is 6.37. The van der Waals surface area contributed by atoms with Gasteiger partial charge in [-0.3, -0.25) is 9.69 Å². The van der Waals surface area contributed by atoms with E-state index in [9.17, 15) is 9.90 Å². The summed E-state index contributed by atoms with van der Waals surface area (Å²) in [6, 6.07) is 24.5. The van der Waals surface area contributed by atoms with Gasteiger partial charge in [-0.25, -0.2) is 0 Å². The summed E-state index contributed by atoms with van der Waals surface area (Å²) in [4.78, 5) is 14.1. The number of nitrogens with zero attached hydrogens (tertiary/aromatic N) is 1. The molecule has 180 valence electrons. The van der Waals surface area contributed by atoms with E-state index in [0.717, 1.165) is 30.5 Å². The lowest BCUT2D eigenvalue weighted by Crippen LogP contribution is -2.41. The van der Waals surface area contributed by atoms with Crippen LogP contribution in [0.15, 0.2) is 78.2 Å². The monoisotopic (exact) mass is 487 g/mol. The van der Waals surface area contributed by atoms with E-state index in [2.05, 4.69) is 40.6 Å². The lowest BCUT2D eigenvalue weighted by Gasteiger charge is -2.37. The molecule has 2 heterocycles. The molecule has 2 unspecified atom stereocenters. The van der Waals surface area contributed by atoms with Crippen molar-refractivity contribution in [2.24, 2.45) is 5.92 Å². The molecule has 35 heavy (non-hydrogen) atoms. The minimum Gasteiger partial charge on any atom is -0.493 e. The smallest absolute Gasteiger partial charge is 0.307 e. The Bertz CT molecular complexity index is 1300. The number of benzene rings is 3. The highest BCUT2D eigenvalue weighted by molar-refractivity contribution is 7.17. The molecule has 0 radical (unpaired) electrons. The van der Waals surface area contributed by atoms with E-state index in [0.29, 0.717) is 24.7 Å². The van der Waals surface area contributed by atoms with Crippen LogP contribution in [-0.2, 0) is 11.4 Å². The van der Waals surface area contributed by atoms with Crippen molar-refractivity contribution in [1.82, 2.24) is 4.90 Å². The molecule has 0 bridgehead atoms. The second kappa shape index (κ2) is 10.5. The Kier molecular flexibility index (Phi) is 7.02. The van der Waals surface area contributed by atoms with E-state index in [1.807, 2.05) is 42.5 Å². The van der Waals surface area contributed by atoms with Gasteiger partial charge < -0.3 is 14.6 Å². The summed E-state index contributed by atoms with van der Waals surface area (Å²) in [5.41, 5.74) is 3.37. The van der Waals surface area contributed by atoms with Crippen LogP contribution in [0.2, 0.25) is 0 Å². The molecular formula is C29H29NO4S. The third-order valence-corrected chi connectivity index (χ3v) is 7.70. The van der Waals surface area contributed by atoms with Crippen LogP contribution in [0, 0.1) is 5.92 Å². The lowest BCUT2D eigenvalue weighted by molar-refractivity contribution is -0.143. The van der Waals surface area contributed by atoms with Crippen molar-refractivity contribution in [3.05, 3.63) is 94.9 Å². The van der Waals surface area contributed by atoms with E-state index in [4.69, 9.17) is 9.47 Å². The van der Waals surface area contributed by atoms with Gasteiger partial charge in [0.2, 0.25) is 0 Å². The fourth-order valence-corrected chi connectivity index (χ4v) is 5.93. The summed E-state index contributed by atoms with van der Waals surface area (Å²) < 4.78 is 13.1. The van der Waals surface area contributed by atoms with Crippen LogP contribution >= 0.6 is 11.3 Å². The first kappa shape index (κ1) is 23.4. The fraction of sp³-hybridized carbons (Fsp3) is 0.276. The zero-order chi connectivity index (χ0) is 24.2. The number of likely N-dealkylation sites (tertiary alicyclic amines) is 1. The van der Waals surface area contributed by atoms with Crippen molar-refractivity contribution in [3.63, 3.8) is 0 Å². The summed E-state index contributed by atoms with van der Waals surface area (Å²) >= 11 is 1.73. The van der Waals surface area contributed by atoms with Crippen LogP contribution in [-0.4, -0.2) is 36.2 Å². The Balaban J connectivity index is 1.51. The van der Waals surface area contributed by atoms with E-state index >= 15 is 0 Å². The number of carbonyl (C=O) groups is 1. The fourth-order valence-electron chi connectivity index (χ4n) is 4.95. The molecule has 0 saturated carbocycles. The first-order chi connectivity index (χ1) is 17.1. The maximum Gasteiger partial charge on any atom is 0.307 e. The molecule has 4 aromatic rings. The highest BCUT2D eigenvalue weighted by Gasteiger charge is 2.32. The zero-order valence-corrected chi connectivity index (χ0v) is 20.5. The van der Waals surface area contributed by atoms with E-state index in [1.54, 1.807) is 18.4 Å². The van der Waals surface area contributed by atoms with Gasteiger partial charge in [0.05, 0.1) is 19.1 Å². The maximum absolute atomic E-state index is 11.8. The number of carboxylic acid groups (broad SMARTS) is 1.